The first-order valence-electron chi connectivity index (χ1n) is 10.3. The molecule has 2 N–H and O–H groups in total. The highest BCUT2D eigenvalue weighted by Gasteiger charge is 2.44. The molecule has 11 heteroatoms. The minimum Gasteiger partial charge on any atom is -0.344 e. The van der Waals surface area contributed by atoms with Crippen LogP contribution in [0.4, 0.5) is 4.79 Å². The fourth-order valence-electron chi connectivity index (χ4n) is 3.71. The lowest BCUT2D eigenvalue weighted by atomic mass is 10.1. The number of hydrogen-bond acceptors (Lipinski definition) is 6. The topological polar surface area (TPSA) is 136 Å². The summed E-state index contributed by atoms with van der Waals surface area (Å²) < 4.78 is 0. The molecule has 2 saturated heterocycles. The predicted molar refractivity (Wildman–Crippen MR) is 110 cm³/mol. The quantitative estimate of drug-likeness (QED) is 0.571. The van der Waals surface area contributed by atoms with Crippen molar-refractivity contribution in [3.63, 3.8) is 0 Å². The Labute approximate surface area is 184 Å². The van der Waals surface area contributed by atoms with E-state index < -0.39 is 29.9 Å². The second-order valence-corrected chi connectivity index (χ2v) is 7.67. The molecule has 2 fully saturated rings. The number of ketones is 1. The van der Waals surface area contributed by atoms with Crippen molar-refractivity contribution in [2.45, 2.75) is 44.7 Å². The summed E-state index contributed by atoms with van der Waals surface area (Å²) in [5, 5.41) is 5.74. The van der Waals surface area contributed by atoms with Crippen molar-refractivity contribution < 1.29 is 28.8 Å². The molecule has 0 spiro atoms. The minimum atomic E-state index is -1.07. The van der Waals surface area contributed by atoms with Crippen LogP contribution in [-0.2, 0) is 19.2 Å². The number of hydrogen-bond donors (Lipinski definition) is 2. The van der Waals surface area contributed by atoms with Crippen molar-refractivity contribution in [1.29, 1.82) is 0 Å². The summed E-state index contributed by atoms with van der Waals surface area (Å²) in [5.41, 5.74) is 2.84. The fourth-order valence-corrected chi connectivity index (χ4v) is 3.71. The number of hydrazine groups is 2. The van der Waals surface area contributed by atoms with Crippen LogP contribution in [-0.4, -0.2) is 76.0 Å². The molecule has 0 bridgehead atoms. The summed E-state index contributed by atoms with van der Waals surface area (Å²) in [6.07, 6.45) is 0.988. The lowest BCUT2D eigenvalue weighted by molar-refractivity contribution is -0.155. The molecule has 11 nitrogen and oxygen atoms in total. The van der Waals surface area contributed by atoms with Crippen LogP contribution in [0.3, 0.4) is 0 Å². The molecule has 0 aliphatic carbocycles. The molecule has 0 radical (unpaired) electrons. The Kier molecular flexibility index (Phi) is 7.18. The zero-order valence-electron chi connectivity index (χ0n) is 17.7. The normalized spacial score (nSPS) is 19.5. The Hall–Kier alpha value is -3.76. The second-order valence-electron chi connectivity index (χ2n) is 7.67. The van der Waals surface area contributed by atoms with E-state index in [1.807, 2.05) is 0 Å². The molecule has 170 valence electrons. The molecule has 5 amide bonds. The highest BCUT2D eigenvalue weighted by molar-refractivity contribution is 5.97. The van der Waals surface area contributed by atoms with Crippen LogP contribution in [0, 0.1) is 0 Å². The molecule has 2 atom stereocenters. The van der Waals surface area contributed by atoms with Crippen LogP contribution in [0.5, 0.6) is 0 Å². The molecular weight excluding hydrogens is 418 g/mol. The Morgan fingerprint density at radius 1 is 1.16 bits per heavy atom. The molecule has 32 heavy (non-hydrogen) atoms. The lowest BCUT2D eigenvalue weighted by Crippen LogP contribution is -2.64. The van der Waals surface area contributed by atoms with E-state index in [-0.39, 0.29) is 44.0 Å². The van der Waals surface area contributed by atoms with Gasteiger partial charge in [-0.1, -0.05) is 18.2 Å². The highest BCUT2D eigenvalue weighted by atomic mass is 16.2. The summed E-state index contributed by atoms with van der Waals surface area (Å²) in [6.45, 7) is 1.49. The van der Waals surface area contributed by atoms with E-state index in [9.17, 15) is 28.8 Å². The third-order valence-electron chi connectivity index (χ3n) is 5.24. The lowest BCUT2D eigenvalue weighted by Gasteiger charge is -2.43. The van der Waals surface area contributed by atoms with Crippen molar-refractivity contribution in [3.8, 4) is 0 Å². The van der Waals surface area contributed by atoms with E-state index in [0.29, 0.717) is 18.3 Å². The Bertz CT molecular complexity index is 921. The monoisotopic (exact) mass is 443 g/mol. The van der Waals surface area contributed by atoms with Crippen molar-refractivity contribution in [2.75, 3.05) is 13.1 Å². The van der Waals surface area contributed by atoms with Crippen LogP contribution < -0.4 is 10.7 Å². The second kappa shape index (κ2) is 10.0. The van der Waals surface area contributed by atoms with Crippen molar-refractivity contribution in [2.24, 2.45) is 0 Å². The average Bonchev–Trinajstić information content (AvgIpc) is 2.90. The maximum absolute atomic E-state index is 13.3. The zero-order chi connectivity index (χ0) is 23.3. The Balaban J connectivity index is 1.81. The van der Waals surface area contributed by atoms with Gasteiger partial charge in [-0.15, -0.1) is 0 Å². The molecule has 1 aromatic rings. The third-order valence-corrected chi connectivity index (χ3v) is 5.24. The van der Waals surface area contributed by atoms with Gasteiger partial charge in [-0.25, -0.2) is 19.8 Å². The number of amides is 5. The Morgan fingerprint density at radius 2 is 1.88 bits per heavy atom. The molecule has 3 rings (SSSR count). The number of fused-ring (bicyclic) bond motifs is 1. The smallest absolute Gasteiger partial charge is 0.344 e. The van der Waals surface area contributed by atoms with Gasteiger partial charge in [-0.05, 0) is 31.9 Å². The van der Waals surface area contributed by atoms with Crippen LogP contribution in [0.1, 0.15) is 43.0 Å². The first-order chi connectivity index (χ1) is 15.3. The SMILES string of the molecule is CC(=O)C[C@@H](C=O)NC(=O)[C@@H]1CCCN2C(=O)CCN(NC(=O)c3ccccc3)C(=O)N12. The minimum absolute atomic E-state index is 0.0348. The maximum atomic E-state index is 13.3. The Morgan fingerprint density at radius 3 is 2.53 bits per heavy atom. The number of Topliss-reactive ketones (excluding diaryl/α,β-unsaturated/α-hetero) is 1. The van der Waals surface area contributed by atoms with Gasteiger partial charge in [0.05, 0.1) is 12.6 Å². The van der Waals surface area contributed by atoms with Gasteiger partial charge in [-0.2, -0.15) is 0 Å². The van der Waals surface area contributed by atoms with Crippen molar-refractivity contribution >= 4 is 35.8 Å². The fraction of sp³-hybridized carbons (Fsp3) is 0.429. The van der Waals surface area contributed by atoms with Crippen LogP contribution in [0.2, 0.25) is 0 Å². The number of carbonyl (C=O) groups excluding carboxylic acids is 6. The van der Waals surface area contributed by atoms with Crippen molar-refractivity contribution in [1.82, 2.24) is 25.8 Å². The van der Waals surface area contributed by atoms with E-state index >= 15 is 0 Å². The number of benzene rings is 1. The summed E-state index contributed by atoms with van der Waals surface area (Å²) >= 11 is 0. The van der Waals surface area contributed by atoms with Gasteiger partial charge in [0.15, 0.2) is 0 Å². The van der Waals surface area contributed by atoms with Crippen molar-refractivity contribution in [3.05, 3.63) is 35.9 Å². The zero-order valence-corrected chi connectivity index (χ0v) is 17.7. The van der Waals surface area contributed by atoms with Crippen LogP contribution >= 0.6 is 0 Å². The van der Waals surface area contributed by atoms with Gasteiger partial charge in [0.2, 0.25) is 11.8 Å². The van der Waals surface area contributed by atoms with Crippen LogP contribution in [0.25, 0.3) is 0 Å². The number of rotatable bonds is 7. The number of nitrogens with one attached hydrogen (secondary N) is 2. The van der Waals surface area contributed by atoms with Gasteiger partial charge in [0.25, 0.3) is 5.91 Å². The number of urea groups is 1. The molecule has 0 aromatic heterocycles. The number of carbonyl (C=O) groups is 6. The number of aldehydes is 1. The molecule has 0 unspecified atom stereocenters. The molecule has 2 heterocycles. The summed E-state index contributed by atoms with van der Waals surface area (Å²) in [6, 6.07) is 5.46. The first-order valence-corrected chi connectivity index (χ1v) is 10.3. The van der Waals surface area contributed by atoms with Gasteiger partial charge < -0.3 is 10.1 Å². The van der Waals surface area contributed by atoms with Gasteiger partial charge in [0, 0.05) is 24.9 Å². The molecule has 1 aromatic carbocycles. The summed E-state index contributed by atoms with van der Waals surface area (Å²) in [4.78, 5) is 74.0. The molecule has 2 aliphatic rings. The van der Waals surface area contributed by atoms with E-state index in [0.717, 1.165) is 10.0 Å². The first kappa shape index (κ1) is 22.9. The van der Waals surface area contributed by atoms with E-state index in [2.05, 4.69) is 10.7 Å². The van der Waals surface area contributed by atoms with Gasteiger partial charge in [0.1, 0.15) is 18.1 Å². The standard InChI is InChI=1S/C21H25N5O6/c1-14(28)12-16(13-27)22-20(31)17-8-5-10-25-18(29)9-11-24(21(32)26(17)25)23-19(30)15-6-3-2-4-7-15/h2-4,6-7,13,16-17H,5,8-12H2,1H3,(H,22,31)(H,23,30)/t16-,17-/m0/s1. The molecular formula is C21H25N5O6. The highest BCUT2D eigenvalue weighted by Crippen LogP contribution is 2.24. The average molecular weight is 443 g/mol. The summed E-state index contributed by atoms with van der Waals surface area (Å²) in [5.74, 6) is -1.81. The van der Waals surface area contributed by atoms with E-state index in [1.165, 1.54) is 11.9 Å². The largest absolute Gasteiger partial charge is 0.358 e. The van der Waals surface area contributed by atoms with Crippen LogP contribution in [0.15, 0.2) is 30.3 Å². The van der Waals surface area contributed by atoms with Gasteiger partial charge in [-0.3, -0.25) is 24.6 Å². The van der Waals surface area contributed by atoms with E-state index in [1.54, 1.807) is 30.3 Å². The molecule has 2 aliphatic heterocycles. The molecule has 0 saturated carbocycles. The summed E-state index contributed by atoms with van der Waals surface area (Å²) in [7, 11) is 0. The van der Waals surface area contributed by atoms with E-state index in [4.69, 9.17) is 0 Å². The third kappa shape index (κ3) is 5.10. The number of nitrogens with zero attached hydrogens (tertiary/aromatic N) is 3. The maximum Gasteiger partial charge on any atom is 0.358 e. The van der Waals surface area contributed by atoms with Gasteiger partial charge >= 0.3 is 6.03 Å². The predicted octanol–water partition coefficient (Wildman–Crippen LogP) is 0.0279.